The van der Waals surface area contributed by atoms with Crippen LogP contribution in [0.5, 0.6) is 0 Å². The average molecular weight is 309 g/mol. The van der Waals surface area contributed by atoms with E-state index in [-0.39, 0.29) is 70.1 Å². The maximum atomic E-state index is 11.4. The quantitative estimate of drug-likeness (QED) is 0.621. The summed E-state index contributed by atoms with van der Waals surface area (Å²) in [6, 6.07) is 0.250. The molecule has 1 amide bonds. The van der Waals surface area contributed by atoms with E-state index in [4.69, 9.17) is 0 Å². The Morgan fingerprint density at radius 2 is 2.12 bits per heavy atom. The number of piperidine rings is 1. The molecule has 2 rings (SSSR count). The maximum Gasteiger partial charge on any atom is 1.00 e. The van der Waals surface area contributed by atoms with Crippen LogP contribution in [-0.4, -0.2) is 55.4 Å². The first-order valence-corrected chi connectivity index (χ1v) is 5.87. The number of amidine groups is 1. The van der Waals surface area contributed by atoms with Gasteiger partial charge in [-0.3, -0.25) is 4.79 Å². The molecule has 2 aliphatic heterocycles. The number of carbonyl (C=O) groups excluding carboxylic acids is 1. The van der Waals surface area contributed by atoms with Gasteiger partial charge >= 0.3 is 58.2 Å². The Kier molecular flexibility index (Phi) is 6.98. The molecule has 90 valence electrons. The van der Waals surface area contributed by atoms with Crippen LogP contribution >= 0.6 is 0 Å². The number of rotatable bonds is 3. The van der Waals surface area contributed by atoms with Crippen LogP contribution in [0, 0.1) is 0 Å². The molecule has 5 nitrogen and oxygen atoms in total. The number of amides is 1. The van der Waals surface area contributed by atoms with Crippen LogP contribution in [0.1, 0.15) is 19.8 Å². The second-order valence-corrected chi connectivity index (χ2v) is 4.63. The number of nitrogens with one attached hydrogen (secondary N) is 1. The molecule has 0 aromatic carbocycles. The van der Waals surface area contributed by atoms with Gasteiger partial charge in [0.1, 0.15) is 0 Å². The first kappa shape index (κ1) is 15.9. The molecule has 1 fully saturated rings. The molecule has 0 aliphatic carbocycles. The van der Waals surface area contributed by atoms with Gasteiger partial charge < -0.3 is 20.5 Å². The summed E-state index contributed by atoms with van der Waals surface area (Å²) in [5.74, 6) is 0.512. The van der Waals surface area contributed by atoms with Crippen molar-refractivity contribution in [2.45, 2.75) is 31.8 Å². The standard InChI is InChI=1S/C11H20N4O.Rb/c1-8-13-10(11(16)14-8)7-12-9-3-5-15(2)6-4-9;/h9-10,12H,3-7H2,1-2H3,(H,13,14,16);/q;+1/p-1. The summed E-state index contributed by atoms with van der Waals surface area (Å²) >= 11 is 0. The van der Waals surface area contributed by atoms with Crippen molar-refractivity contribution < 1.29 is 63.0 Å². The van der Waals surface area contributed by atoms with Gasteiger partial charge in [-0.15, -0.1) is 0 Å². The molecule has 2 heterocycles. The van der Waals surface area contributed by atoms with Gasteiger partial charge in [0.25, 0.3) is 0 Å². The van der Waals surface area contributed by atoms with Crippen molar-refractivity contribution in [3.8, 4) is 0 Å². The molecule has 0 saturated carbocycles. The van der Waals surface area contributed by atoms with Gasteiger partial charge in [0, 0.05) is 18.6 Å². The van der Waals surface area contributed by atoms with E-state index < -0.39 is 0 Å². The first-order valence-electron chi connectivity index (χ1n) is 5.87. The predicted molar refractivity (Wildman–Crippen MR) is 63.8 cm³/mol. The van der Waals surface area contributed by atoms with E-state index in [2.05, 4.69) is 27.6 Å². The molecular weight excluding hydrogens is 290 g/mol. The van der Waals surface area contributed by atoms with Crippen molar-refractivity contribution in [2.75, 3.05) is 26.7 Å². The molecule has 0 radical (unpaired) electrons. The Hall–Kier alpha value is 0.865. The summed E-state index contributed by atoms with van der Waals surface area (Å²) in [6.45, 7) is 4.66. The molecule has 0 aromatic heterocycles. The van der Waals surface area contributed by atoms with Crippen LogP contribution in [0.15, 0.2) is 4.99 Å². The van der Waals surface area contributed by atoms with Crippen LogP contribution in [0.25, 0.3) is 5.32 Å². The number of hydrogen-bond acceptors (Lipinski definition) is 4. The van der Waals surface area contributed by atoms with Gasteiger partial charge in [0.2, 0.25) is 0 Å². The molecule has 6 heteroatoms. The third-order valence-corrected chi connectivity index (χ3v) is 3.22. The summed E-state index contributed by atoms with van der Waals surface area (Å²) in [6.07, 6.45) is 2.30. The molecule has 1 N–H and O–H groups in total. The maximum absolute atomic E-state index is 11.4. The van der Waals surface area contributed by atoms with Gasteiger partial charge in [0.05, 0.1) is 0 Å². The fourth-order valence-electron chi connectivity index (χ4n) is 2.17. The number of nitrogens with zero attached hydrogens (tertiary/aromatic N) is 3. The molecule has 17 heavy (non-hydrogen) atoms. The van der Waals surface area contributed by atoms with Crippen LogP contribution in [0.3, 0.4) is 0 Å². The zero-order chi connectivity index (χ0) is 11.5. The normalized spacial score (nSPS) is 26.4. The van der Waals surface area contributed by atoms with Gasteiger partial charge in [-0.25, -0.2) is 0 Å². The Labute approximate surface area is 152 Å². The molecule has 1 unspecified atom stereocenters. The van der Waals surface area contributed by atoms with E-state index in [0.717, 1.165) is 25.9 Å². The topological polar surface area (TPSA) is 58.8 Å². The van der Waals surface area contributed by atoms with Crippen molar-refractivity contribution >= 4 is 11.7 Å². The minimum atomic E-state index is -0.278. The zero-order valence-electron chi connectivity index (χ0n) is 10.9. The first-order chi connectivity index (χ1) is 7.65. The summed E-state index contributed by atoms with van der Waals surface area (Å²) in [5, 5.41) is 7.23. The number of aliphatic imine (C=N–C) groups is 1. The van der Waals surface area contributed by atoms with Crippen LogP contribution in [-0.2, 0) is 4.79 Å². The number of carbonyl (C=O) groups is 1. The molecule has 0 bridgehead atoms. The fourth-order valence-corrected chi connectivity index (χ4v) is 2.17. The largest absolute Gasteiger partial charge is 1.00 e. The fraction of sp³-hybridized carbons (Fsp3) is 0.818. The molecular formula is C11H19N4ORb. The average Bonchev–Trinajstić information content (AvgIpc) is 2.57. The Morgan fingerprint density at radius 3 is 2.65 bits per heavy atom. The van der Waals surface area contributed by atoms with Gasteiger partial charge in [0.15, 0.2) is 5.91 Å². The van der Waals surface area contributed by atoms with Crippen molar-refractivity contribution in [1.82, 2.24) is 10.2 Å². The molecule has 0 aromatic rings. The van der Waals surface area contributed by atoms with E-state index in [9.17, 15) is 4.79 Å². The van der Waals surface area contributed by atoms with E-state index in [1.807, 2.05) is 0 Å². The smallest absolute Gasteiger partial charge is 0.458 e. The van der Waals surface area contributed by atoms with Gasteiger partial charge in [-0.05, 0) is 39.9 Å². The Balaban J connectivity index is 0.00000144. The molecule has 0 spiro atoms. The van der Waals surface area contributed by atoms with Crippen molar-refractivity contribution in [2.24, 2.45) is 4.99 Å². The molecule has 2 aliphatic rings. The van der Waals surface area contributed by atoms with Gasteiger partial charge in [-0.2, -0.15) is 0 Å². The Bertz CT molecular complexity index is 300. The zero-order valence-corrected chi connectivity index (χ0v) is 15.9. The van der Waals surface area contributed by atoms with Crippen molar-refractivity contribution in [3.63, 3.8) is 0 Å². The third kappa shape index (κ3) is 4.80. The van der Waals surface area contributed by atoms with E-state index >= 15 is 0 Å². The van der Waals surface area contributed by atoms with E-state index in [1.54, 1.807) is 6.92 Å². The monoisotopic (exact) mass is 308 g/mol. The number of likely N-dealkylation sites (tertiary alicyclic amines) is 1. The minimum absolute atomic E-state index is 0. The minimum Gasteiger partial charge on any atom is -0.458 e. The summed E-state index contributed by atoms with van der Waals surface area (Å²) in [4.78, 5) is 17.9. The van der Waals surface area contributed by atoms with E-state index in [1.165, 1.54) is 0 Å². The predicted octanol–water partition coefficient (Wildman–Crippen LogP) is -2.62. The van der Waals surface area contributed by atoms with Crippen LogP contribution in [0.4, 0.5) is 0 Å². The second kappa shape index (κ2) is 7.45. The van der Waals surface area contributed by atoms with Gasteiger partial charge in [-0.1, -0.05) is 5.84 Å². The van der Waals surface area contributed by atoms with Crippen molar-refractivity contribution in [3.05, 3.63) is 5.32 Å². The third-order valence-electron chi connectivity index (χ3n) is 3.22. The summed E-state index contributed by atoms with van der Waals surface area (Å²) in [5.41, 5.74) is 0. The second-order valence-electron chi connectivity index (χ2n) is 4.63. The number of hydrogen-bond donors (Lipinski definition) is 1. The van der Waals surface area contributed by atoms with E-state index in [0.29, 0.717) is 18.4 Å². The van der Waals surface area contributed by atoms with Crippen molar-refractivity contribution in [1.29, 1.82) is 0 Å². The SMILES string of the molecule is CC1=NC(CNC2CCN(C)CC2)C(=O)[N-]1.[Rb+]. The van der Waals surface area contributed by atoms with Crippen LogP contribution in [0.2, 0.25) is 0 Å². The summed E-state index contributed by atoms with van der Waals surface area (Å²) in [7, 11) is 2.14. The van der Waals surface area contributed by atoms with Crippen LogP contribution < -0.4 is 63.5 Å². The molecule has 1 saturated heterocycles. The molecule has 1 atom stereocenters. The Morgan fingerprint density at radius 1 is 1.47 bits per heavy atom. The summed E-state index contributed by atoms with van der Waals surface area (Å²) < 4.78 is 0.